The Hall–Kier alpha value is -1.68. The highest BCUT2D eigenvalue weighted by Crippen LogP contribution is 2.20. The molecule has 2 heterocycles. The molecule has 1 atom stereocenters. The van der Waals surface area contributed by atoms with Crippen LogP contribution in [0, 0.1) is 6.92 Å². The first kappa shape index (κ1) is 13.3. The van der Waals surface area contributed by atoms with Crippen LogP contribution >= 0.6 is 0 Å². The number of aryl methyl sites for hydroxylation is 1. The Morgan fingerprint density at radius 2 is 2.10 bits per heavy atom. The van der Waals surface area contributed by atoms with Crippen molar-refractivity contribution in [3.8, 4) is 0 Å². The number of fused-ring (bicyclic) bond motifs is 1. The Bertz CT molecular complexity index is 610. The zero-order valence-electron chi connectivity index (χ0n) is 12.5. The lowest BCUT2D eigenvalue weighted by atomic mass is 10.2. The minimum atomic E-state index is 0.621. The van der Waals surface area contributed by atoms with E-state index in [9.17, 15) is 0 Å². The molecular weight excluding hydrogens is 248 g/mol. The highest BCUT2D eigenvalue weighted by atomic mass is 15.3. The summed E-state index contributed by atoms with van der Waals surface area (Å²) in [6.45, 7) is 4.26. The smallest absolute Gasteiger partial charge is 0.225 e. The van der Waals surface area contributed by atoms with Crippen LogP contribution in [0.5, 0.6) is 0 Å². The molecular formula is C16H22N4. The number of nitrogens with zero attached hydrogens (tertiary/aromatic N) is 4. The Kier molecular flexibility index (Phi) is 3.57. The van der Waals surface area contributed by atoms with Gasteiger partial charge in [0.2, 0.25) is 5.95 Å². The predicted molar refractivity (Wildman–Crippen MR) is 83.2 cm³/mol. The van der Waals surface area contributed by atoms with Gasteiger partial charge in [-0.1, -0.05) is 18.2 Å². The molecule has 1 saturated heterocycles. The summed E-state index contributed by atoms with van der Waals surface area (Å²) in [5.74, 6) is 0.835. The van der Waals surface area contributed by atoms with Gasteiger partial charge in [-0.15, -0.1) is 0 Å². The molecule has 0 spiro atoms. The first-order valence-corrected chi connectivity index (χ1v) is 7.30. The predicted octanol–water partition coefficient (Wildman–Crippen LogP) is 2.47. The molecule has 4 heteroatoms. The lowest BCUT2D eigenvalue weighted by Gasteiger charge is -2.26. The minimum absolute atomic E-state index is 0.621. The second kappa shape index (κ2) is 5.37. The number of anilines is 1. The second-order valence-electron chi connectivity index (χ2n) is 5.78. The fourth-order valence-electron chi connectivity index (χ4n) is 3.00. The molecule has 0 N–H and O–H groups in total. The molecule has 1 aliphatic rings. The summed E-state index contributed by atoms with van der Waals surface area (Å²) < 4.78 is 0. The van der Waals surface area contributed by atoms with Crippen LogP contribution in [-0.2, 0) is 0 Å². The summed E-state index contributed by atoms with van der Waals surface area (Å²) in [6, 6.07) is 8.83. The van der Waals surface area contributed by atoms with Crippen LogP contribution in [0.1, 0.15) is 18.5 Å². The molecule has 1 aromatic carbocycles. The van der Waals surface area contributed by atoms with Gasteiger partial charge in [0.05, 0.1) is 11.2 Å². The Balaban J connectivity index is 1.85. The molecule has 0 saturated carbocycles. The van der Waals surface area contributed by atoms with Gasteiger partial charge in [0, 0.05) is 25.0 Å². The van der Waals surface area contributed by atoms with Crippen LogP contribution in [0.4, 0.5) is 5.95 Å². The van der Waals surface area contributed by atoms with Gasteiger partial charge in [-0.2, -0.15) is 0 Å². The van der Waals surface area contributed by atoms with Crippen molar-refractivity contribution in [2.75, 3.05) is 32.1 Å². The molecule has 0 radical (unpaired) electrons. The molecule has 106 valence electrons. The maximum absolute atomic E-state index is 4.70. The molecule has 0 aliphatic carbocycles. The van der Waals surface area contributed by atoms with E-state index < -0.39 is 0 Å². The average molecular weight is 270 g/mol. The maximum Gasteiger partial charge on any atom is 0.225 e. The van der Waals surface area contributed by atoms with E-state index in [1.54, 1.807) is 0 Å². The Morgan fingerprint density at radius 1 is 1.30 bits per heavy atom. The number of rotatable bonds is 3. The minimum Gasteiger partial charge on any atom is -0.342 e. The first-order valence-electron chi connectivity index (χ1n) is 7.30. The number of para-hydroxylation sites is 1. The van der Waals surface area contributed by atoms with Crippen molar-refractivity contribution in [2.24, 2.45) is 0 Å². The third-order valence-electron chi connectivity index (χ3n) is 4.28. The lowest BCUT2D eigenvalue weighted by molar-refractivity contribution is 0.313. The standard InChI is InChI=1S/C16H22N4/c1-12-14-8-4-5-9-15(14)18-16(17-12)20(3)11-13-7-6-10-19(13)2/h4-5,8-9,13H,6-7,10-11H2,1-3H3/t13-/m1/s1. The van der Waals surface area contributed by atoms with E-state index >= 15 is 0 Å². The van der Waals surface area contributed by atoms with Crippen molar-refractivity contribution in [2.45, 2.75) is 25.8 Å². The van der Waals surface area contributed by atoms with Gasteiger partial charge >= 0.3 is 0 Å². The van der Waals surface area contributed by atoms with Gasteiger partial charge in [-0.05, 0) is 39.4 Å². The third-order valence-corrected chi connectivity index (χ3v) is 4.28. The SMILES string of the molecule is Cc1nc(N(C)C[C@H]2CCCN2C)nc2ccccc12. The van der Waals surface area contributed by atoms with E-state index in [4.69, 9.17) is 4.98 Å². The summed E-state index contributed by atoms with van der Waals surface area (Å²) in [5.41, 5.74) is 2.08. The van der Waals surface area contributed by atoms with Gasteiger partial charge in [0.25, 0.3) is 0 Å². The molecule has 0 unspecified atom stereocenters. The largest absolute Gasteiger partial charge is 0.342 e. The molecule has 1 aliphatic heterocycles. The molecule has 0 amide bonds. The highest BCUT2D eigenvalue weighted by Gasteiger charge is 2.23. The summed E-state index contributed by atoms with van der Waals surface area (Å²) in [5, 5.41) is 1.14. The van der Waals surface area contributed by atoms with E-state index in [0.717, 1.165) is 29.1 Å². The summed E-state index contributed by atoms with van der Waals surface area (Å²) in [7, 11) is 4.30. The number of aromatic nitrogens is 2. The van der Waals surface area contributed by atoms with Crippen molar-refractivity contribution >= 4 is 16.9 Å². The zero-order valence-corrected chi connectivity index (χ0v) is 12.5. The average Bonchev–Trinajstić information content (AvgIpc) is 2.84. The number of hydrogen-bond donors (Lipinski definition) is 0. The van der Waals surface area contributed by atoms with E-state index in [2.05, 4.69) is 47.9 Å². The molecule has 20 heavy (non-hydrogen) atoms. The number of likely N-dealkylation sites (tertiary alicyclic amines) is 1. The summed E-state index contributed by atoms with van der Waals surface area (Å²) in [4.78, 5) is 14.0. The van der Waals surface area contributed by atoms with E-state index in [-0.39, 0.29) is 0 Å². The van der Waals surface area contributed by atoms with E-state index in [0.29, 0.717) is 6.04 Å². The number of benzene rings is 1. The van der Waals surface area contributed by atoms with Crippen LogP contribution in [0.3, 0.4) is 0 Å². The number of hydrogen-bond acceptors (Lipinski definition) is 4. The first-order chi connectivity index (χ1) is 9.65. The van der Waals surface area contributed by atoms with Gasteiger partial charge in [-0.3, -0.25) is 0 Å². The third kappa shape index (κ3) is 2.48. The fraction of sp³-hybridized carbons (Fsp3) is 0.500. The van der Waals surface area contributed by atoms with Crippen molar-refractivity contribution in [1.82, 2.24) is 14.9 Å². The van der Waals surface area contributed by atoms with Gasteiger partial charge < -0.3 is 9.80 Å². The number of likely N-dealkylation sites (N-methyl/N-ethyl adjacent to an activating group) is 2. The molecule has 1 fully saturated rings. The van der Waals surface area contributed by atoms with E-state index in [1.807, 2.05) is 12.1 Å². The van der Waals surface area contributed by atoms with E-state index in [1.165, 1.54) is 19.4 Å². The van der Waals surface area contributed by atoms with Crippen molar-refractivity contribution < 1.29 is 0 Å². The van der Waals surface area contributed by atoms with Crippen LogP contribution in [0.2, 0.25) is 0 Å². The van der Waals surface area contributed by atoms with Crippen molar-refractivity contribution in [3.05, 3.63) is 30.0 Å². The Labute approximate surface area is 120 Å². The quantitative estimate of drug-likeness (QED) is 0.857. The molecule has 3 rings (SSSR count). The zero-order chi connectivity index (χ0) is 14.1. The summed E-state index contributed by atoms with van der Waals surface area (Å²) in [6.07, 6.45) is 2.57. The molecule has 4 nitrogen and oxygen atoms in total. The second-order valence-corrected chi connectivity index (χ2v) is 5.78. The van der Waals surface area contributed by atoms with Gasteiger partial charge in [0.15, 0.2) is 0 Å². The molecule has 0 bridgehead atoms. The monoisotopic (exact) mass is 270 g/mol. The Morgan fingerprint density at radius 3 is 2.85 bits per heavy atom. The highest BCUT2D eigenvalue weighted by molar-refractivity contribution is 5.81. The molecule has 2 aromatic rings. The van der Waals surface area contributed by atoms with Gasteiger partial charge in [0.1, 0.15) is 0 Å². The topological polar surface area (TPSA) is 32.3 Å². The van der Waals surface area contributed by atoms with Gasteiger partial charge in [-0.25, -0.2) is 9.97 Å². The lowest BCUT2D eigenvalue weighted by Crippen LogP contribution is -2.37. The van der Waals surface area contributed by atoms with Crippen molar-refractivity contribution in [3.63, 3.8) is 0 Å². The maximum atomic E-state index is 4.70. The fourth-order valence-corrected chi connectivity index (χ4v) is 3.00. The van der Waals surface area contributed by atoms with Crippen LogP contribution in [0.25, 0.3) is 10.9 Å². The van der Waals surface area contributed by atoms with Crippen LogP contribution in [0.15, 0.2) is 24.3 Å². The normalized spacial score (nSPS) is 19.6. The summed E-state index contributed by atoms with van der Waals surface area (Å²) >= 11 is 0. The molecule has 1 aromatic heterocycles. The van der Waals surface area contributed by atoms with Crippen LogP contribution in [-0.4, -0.2) is 48.1 Å². The van der Waals surface area contributed by atoms with Crippen LogP contribution < -0.4 is 4.90 Å². The van der Waals surface area contributed by atoms with Crippen molar-refractivity contribution in [1.29, 1.82) is 0 Å².